The van der Waals surface area contributed by atoms with E-state index < -0.39 is 0 Å². The Morgan fingerprint density at radius 3 is 2.52 bits per heavy atom. The summed E-state index contributed by atoms with van der Waals surface area (Å²) in [6.45, 7) is 2.77. The first-order chi connectivity index (χ1) is 12.0. The van der Waals surface area contributed by atoms with Crippen LogP contribution in [0.15, 0.2) is 66.7 Å². The van der Waals surface area contributed by atoms with E-state index in [1.807, 2.05) is 48.5 Å². The summed E-state index contributed by atoms with van der Waals surface area (Å²) in [6, 6.07) is 20.3. The first-order valence-corrected chi connectivity index (χ1v) is 8.82. The van der Waals surface area contributed by atoms with Crippen LogP contribution in [0.3, 0.4) is 0 Å². The van der Waals surface area contributed by atoms with Crippen molar-refractivity contribution in [3.63, 3.8) is 0 Å². The smallest absolute Gasteiger partial charge is 0.123 e. The van der Waals surface area contributed by atoms with Gasteiger partial charge in [0.15, 0.2) is 0 Å². The number of benzene rings is 3. The highest BCUT2D eigenvalue weighted by atomic mass is 35.5. The van der Waals surface area contributed by atoms with E-state index in [1.165, 1.54) is 12.1 Å². The molecule has 0 heterocycles. The molecule has 128 valence electrons. The zero-order valence-corrected chi connectivity index (χ0v) is 15.3. The molecule has 0 saturated carbocycles. The van der Waals surface area contributed by atoms with Gasteiger partial charge in [-0.15, -0.1) is 0 Å². The standard InChI is InChI=1S/C21H18Cl2FN/c1-14(16-4-2-6-18(22)11-16)25-13-15-8-9-21(23)20(10-15)17-5-3-7-19(24)12-17/h2-12,14,25H,13H2,1H3/t14-/m1/s1. The summed E-state index contributed by atoms with van der Waals surface area (Å²) in [4.78, 5) is 0. The summed E-state index contributed by atoms with van der Waals surface area (Å²) >= 11 is 12.4. The van der Waals surface area contributed by atoms with Crippen LogP contribution in [0.2, 0.25) is 10.0 Å². The Labute approximate surface area is 157 Å². The minimum absolute atomic E-state index is 0.159. The van der Waals surface area contributed by atoms with Crippen LogP contribution in [0.25, 0.3) is 11.1 Å². The molecule has 0 radical (unpaired) electrons. The van der Waals surface area contributed by atoms with Gasteiger partial charge in [0, 0.05) is 28.2 Å². The largest absolute Gasteiger partial charge is 0.306 e. The van der Waals surface area contributed by atoms with Gasteiger partial charge < -0.3 is 5.32 Å². The molecule has 0 amide bonds. The lowest BCUT2D eigenvalue weighted by Crippen LogP contribution is -2.18. The fourth-order valence-electron chi connectivity index (χ4n) is 2.72. The Morgan fingerprint density at radius 2 is 1.76 bits per heavy atom. The van der Waals surface area contributed by atoms with Gasteiger partial charge in [0.25, 0.3) is 0 Å². The minimum Gasteiger partial charge on any atom is -0.306 e. The molecular formula is C21H18Cl2FN. The highest BCUT2D eigenvalue weighted by Gasteiger charge is 2.09. The van der Waals surface area contributed by atoms with Gasteiger partial charge in [-0.1, -0.05) is 53.5 Å². The molecule has 1 nitrogen and oxygen atoms in total. The molecule has 0 saturated heterocycles. The molecule has 3 aromatic rings. The van der Waals surface area contributed by atoms with Crippen molar-refractivity contribution in [2.24, 2.45) is 0 Å². The quantitative estimate of drug-likeness (QED) is 0.527. The predicted octanol–water partition coefficient (Wildman–Crippen LogP) is 6.65. The number of hydrogen-bond donors (Lipinski definition) is 1. The van der Waals surface area contributed by atoms with E-state index in [9.17, 15) is 4.39 Å². The molecule has 25 heavy (non-hydrogen) atoms. The average Bonchev–Trinajstić information content (AvgIpc) is 2.60. The first-order valence-electron chi connectivity index (χ1n) is 8.06. The molecule has 1 N–H and O–H groups in total. The third-order valence-electron chi connectivity index (χ3n) is 4.13. The Balaban J connectivity index is 1.76. The zero-order valence-electron chi connectivity index (χ0n) is 13.8. The summed E-state index contributed by atoms with van der Waals surface area (Å²) in [6.07, 6.45) is 0. The van der Waals surface area contributed by atoms with E-state index in [1.54, 1.807) is 6.07 Å². The first kappa shape index (κ1) is 17.9. The van der Waals surface area contributed by atoms with Gasteiger partial charge in [0.1, 0.15) is 5.82 Å². The second-order valence-corrected chi connectivity index (χ2v) is 6.83. The summed E-state index contributed by atoms with van der Waals surface area (Å²) < 4.78 is 13.5. The molecule has 4 heteroatoms. The molecule has 3 aromatic carbocycles. The van der Waals surface area contributed by atoms with E-state index in [-0.39, 0.29) is 11.9 Å². The topological polar surface area (TPSA) is 12.0 Å². The van der Waals surface area contributed by atoms with Crippen LogP contribution in [-0.4, -0.2) is 0 Å². The van der Waals surface area contributed by atoms with Crippen molar-refractivity contribution in [1.29, 1.82) is 0 Å². The van der Waals surface area contributed by atoms with Crippen molar-refractivity contribution in [3.8, 4) is 11.1 Å². The Hall–Kier alpha value is -1.87. The van der Waals surface area contributed by atoms with Crippen molar-refractivity contribution < 1.29 is 4.39 Å². The van der Waals surface area contributed by atoms with Gasteiger partial charge in [0.05, 0.1) is 0 Å². The lowest BCUT2D eigenvalue weighted by atomic mass is 10.0. The van der Waals surface area contributed by atoms with Crippen LogP contribution in [0.4, 0.5) is 4.39 Å². The third kappa shape index (κ3) is 4.60. The highest BCUT2D eigenvalue weighted by molar-refractivity contribution is 6.33. The SMILES string of the molecule is C[C@@H](NCc1ccc(Cl)c(-c2cccc(F)c2)c1)c1cccc(Cl)c1. The van der Waals surface area contributed by atoms with E-state index in [0.29, 0.717) is 11.6 Å². The van der Waals surface area contributed by atoms with Crippen molar-refractivity contribution in [2.45, 2.75) is 19.5 Å². The maximum Gasteiger partial charge on any atom is 0.123 e. The van der Waals surface area contributed by atoms with Crippen LogP contribution in [0.5, 0.6) is 0 Å². The monoisotopic (exact) mass is 373 g/mol. The molecule has 0 aromatic heterocycles. The van der Waals surface area contributed by atoms with Crippen LogP contribution < -0.4 is 5.32 Å². The third-order valence-corrected chi connectivity index (χ3v) is 4.69. The van der Waals surface area contributed by atoms with Crippen molar-refractivity contribution in [2.75, 3.05) is 0 Å². The molecule has 0 unspecified atom stereocenters. The maximum atomic E-state index is 13.5. The fraction of sp³-hybridized carbons (Fsp3) is 0.143. The molecule has 0 aliphatic heterocycles. The van der Waals surface area contributed by atoms with Gasteiger partial charge in [-0.2, -0.15) is 0 Å². The lowest BCUT2D eigenvalue weighted by Gasteiger charge is -2.15. The lowest BCUT2D eigenvalue weighted by molar-refractivity contribution is 0.575. The van der Waals surface area contributed by atoms with Crippen LogP contribution in [0, 0.1) is 5.82 Å². The summed E-state index contributed by atoms with van der Waals surface area (Å²) in [7, 11) is 0. The predicted molar refractivity (Wildman–Crippen MR) is 104 cm³/mol. The molecule has 0 aliphatic carbocycles. The van der Waals surface area contributed by atoms with Gasteiger partial charge in [-0.3, -0.25) is 0 Å². The van der Waals surface area contributed by atoms with Gasteiger partial charge in [-0.05, 0) is 60.0 Å². The molecular weight excluding hydrogens is 356 g/mol. The fourth-order valence-corrected chi connectivity index (χ4v) is 3.15. The van der Waals surface area contributed by atoms with Gasteiger partial charge in [0.2, 0.25) is 0 Å². The van der Waals surface area contributed by atoms with Crippen molar-refractivity contribution >= 4 is 23.2 Å². The van der Waals surface area contributed by atoms with E-state index in [2.05, 4.69) is 12.2 Å². The van der Waals surface area contributed by atoms with Gasteiger partial charge >= 0.3 is 0 Å². The van der Waals surface area contributed by atoms with E-state index in [4.69, 9.17) is 23.2 Å². The minimum atomic E-state index is -0.272. The Bertz CT molecular complexity index is 879. The van der Waals surface area contributed by atoms with Crippen molar-refractivity contribution in [1.82, 2.24) is 5.32 Å². The second kappa shape index (κ2) is 8.01. The molecule has 3 rings (SSSR count). The maximum absolute atomic E-state index is 13.5. The molecule has 0 spiro atoms. The second-order valence-electron chi connectivity index (χ2n) is 5.98. The number of rotatable bonds is 5. The normalized spacial score (nSPS) is 12.2. The average molecular weight is 374 g/mol. The van der Waals surface area contributed by atoms with Crippen LogP contribution in [-0.2, 0) is 6.54 Å². The highest BCUT2D eigenvalue weighted by Crippen LogP contribution is 2.29. The van der Waals surface area contributed by atoms with Crippen molar-refractivity contribution in [3.05, 3.63) is 93.7 Å². The number of halogens is 3. The Kier molecular flexibility index (Phi) is 5.74. The van der Waals surface area contributed by atoms with E-state index >= 15 is 0 Å². The Morgan fingerprint density at radius 1 is 0.960 bits per heavy atom. The number of hydrogen-bond acceptors (Lipinski definition) is 1. The van der Waals surface area contributed by atoms with Gasteiger partial charge in [-0.25, -0.2) is 4.39 Å². The molecule has 0 aliphatic rings. The summed E-state index contributed by atoms with van der Waals surface area (Å²) in [5, 5.41) is 4.81. The molecule has 0 fully saturated rings. The number of nitrogens with one attached hydrogen (secondary N) is 1. The molecule has 1 atom stereocenters. The summed E-state index contributed by atoms with van der Waals surface area (Å²) in [5.74, 6) is -0.272. The van der Waals surface area contributed by atoms with Crippen LogP contribution >= 0.6 is 23.2 Å². The zero-order chi connectivity index (χ0) is 17.8. The van der Waals surface area contributed by atoms with E-state index in [0.717, 1.165) is 27.3 Å². The summed E-state index contributed by atoms with van der Waals surface area (Å²) in [5.41, 5.74) is 3.81. The van der Waals surface area contributed by atoms with Crippen LogP contribution in [0.1, 0.15) is 24.1 Å². The molecule has 0 bridgehead atoms.